The summed E-state index contributed by atoms with van der Waals surface area (Å²) in [7, 11) is 0. The SMILES string of the molecule is Nc1noc2cc(NC(=O)[C@H](O)C3OCCN(c4ccc5c(c4)NC(=O)CC5)C3=O)ccc12. The molecule has 0 radical (unpaired) electrons. The van der Waals surface area contributed by atoms with E-state index in [9.17, 15) is 19.5 Å². The van der Waals surface area contributed by atoms with Crippen molar-refractivity contribution in [1.29, 1.82) is 0 Å². The van der Waals surface area contributed by atoms with Crippen LogP contribution in [0.3, 0.4) is 0 Å². The third kappa shape index (κ3) is 3.88. The molecule has 3 amide bonds. The van der Waals surface area contributed by atoms with E-state index in [4.69, 9.17) is 15.0 Å². The minimum absolute atomic E-state index is 0.0795. The van der Waals surface area contributed by atoms with Crippen LogP contribution in [0.25, 0.3) is 11.0 Å². The van der Waals surface area contributed by atoms with Crippen LogP contribution in [0.5, 0.6) is 0 Å². The lowest BCUT2D eigenvalue weighted by Gasteiger charge is -2.34. The largest absolute Gasteiger partial charge is 0.380 e. The second-order valence-electron chi connectivity index (χ2n) is 7.88. The van der Waals surface area contributed by atoms with Crippen LogP contribution in [0.2, 0.25) is 0 Å². The molecular weight excluding hydrogens is 430 g/mol. The summed E-state index contributed by atoms with van der Waals surface area (Å²) in [6.07, 6.45) is -2.07. The average molecular weight is 451 g/mol. The third-order valence-corrected chi connectivity index (χ3v) is 5.75. The fourth-order valence-electron chi connectivity index (χ4n) is 4.00. The highest BCUT2D eigenvalue weighted by Gasteiger charge is 2.39. The van der Waals surface area contributed by atoms with Crippen molar-refractivity contribution in [2.45, 2.75) is 25.0 Å². The number of aliphatic hydroxyl groups excluding tert-OH is 1. The van der Waals surface area contributed by atoms with Crippen molar-refractivity contribution in [2.75, 3.05) is 34.4 Å². The first-order chi connectivity index (χ1) is 15.9. The number of nitrogens with one attached hydrogen (secondary N) is 2. The lowest BCUT2D eigenvalue weighted by Crippen LogP contribution is -2.55. The maximum atomic E-state index is 13.1. The standard InChI is InChI=1S/C22H21N5O6/c23-20-14-5-3-12(9-16(14)33-26-20)24-21(30)18(29)19-22(31)27(7-8-32-19)13-4-1-11-2-6-17(28)25-15(11)10-13/h1,3-5,9-10,18-19,29H,2,6-8H2,(H2,23,26)(H,24,30)(H,25,28)/t18-,19?/m1/s1. The number of anilines is 4. The molecule has 1 saturated heterocycles. The van der Waals surface area contributed by atoms with E-state index < -0.39 is 24.0 Å². The molecule has 2 aromatic carbocycles. The fourth-order valence-corrected chi connectivity index (χ4v) is 4.00. The Morgan fingerprint density at radius 3 is 2.94 bits per heavy atom. The predicted octanol–water partition coefficient (Wildman–Crippen LogP) is 1.03. The first-order valence-corrected chi connectivity index (χ1v) is 10.4. The molecule has 2 aliphatic rings. The number of rotatable bonds is 4. The Morgan fingerprint density at radius 1 is 1.24 bits per heavy atom. The summed E-state index contributed by atoms with van der Waals surface area (Å²) in [6.45, 7) is 0.382. The second kappa shape index (κ2) is 8.19. The number of aromatic nitrogens is 1. The highest BCUT2D eigenvalue weighted by Crippen LogP contribution is 2.30. The number of benzene rings is 2. The monoisotopic (exact) mass is 451 g/mol. The summed E-state index contributed by atoms with van der Waals surface area (Å²) in [4.78, 5) is 38.9. The summed E-state index contributed by atoms with van der Waals surface area (Å²) in [6, 6.07) is 10.1. The van der Waals surface area contributed by atoms with Crippen LogP contribution in [-0.2, 0) is 25.5 Å². The van der Waals surface area contributed by atoms with Gasteiger partial charge in [0.2, 0.25) is 5.91 Å². The number of nitrogens with two attached hydrogens (primary N) is 1. The number of morpholine rings is 1. The zero-order valence-electron chi connectivity index (χ0n) is 17.4. The van der Waals surface area contributed by atoms with E-state index in [1.54, 1.807) is 24.3 Å². The van der Waals surface area contributed by atoms with E-state index in [0.717, 1.165) is 5.56 Å². The number of nitrogen functional groups attached to an aromatic ring is 1. The molecular formula is C22H21N5O6. The Hall–Kier alpha value is -3.96. The zero-order chi connectivity index (χ0) is 23.1. The highest BCUT2D eigenvalue weighted by molar-refractivity contribution is 6.05. The van der Waals surface area contributed by atoms with Gasteiger partial charge in [-0.05, 0) is 36.2 Å². The molecule has 1 aromatic heterocycles. The molecule has 2 atom stereocenters. The molecule has 0 bridgehead atoms. The highest BCUT2D eigenvalue weighted by atomic mass is 16.5. The summed E-state index contributed by atoms with van der Waals surface area (Å²) >= 11 is 0. The lowest BCUT2D eigenvalue weighted by molar-refractivity contribution is -0.150. The molecule has 0 saturated carbocycles. The topological polar surface area (TPSA) is 160 Å². The van der Waals surface area contributed by atoms with Crippen LogP contribution in [0.15, 0.2) is 40.9 Å². The van der Waals surface area contributed by atoms with E-state index in [1.165, 1.54) is 11.0 Å². The van der Waals surface area contributed by atoms with Gasteiger partial charge in [-0.25, -0.2) is 0 Å². The molecule has 11 nitrogen and oxygen atoms in total. The van der Waals surface area contributed by atoms with Gasteiger partial charge in [-0.2, -0.15) is 0 Å². The van der Waals surface area contributed by atoms with Gasteiger partial charge in [-0.1, -0.05) is 11.2 Å². The maximum Gasteiger partial charge on any atom is 0.259 e. The molecule has 5 N–H and O–H groups in total. The van der Waals surface area contributed by atoms with Crippen LogP contribution in [0.1, 0.15) is 12.0 Å². The second-order valence-corrected chi connectivity index (χ2v) is 7.88. The smallest absolute Gasteiger partial charge is 0.259 e. The Balaban J connectivity index is 1.31. The van der Waals surface area contributed by atoms with E-state index in [-0.39, 0.29) is 24.9 Å². The molecule has 0 spiro atoms. The molecule has 5 rings (SSSR count). The molecule has 33 heavy (non-hydrogen) atoms. The molecule has 11 heteroatoms. The Labute approximate surface area is 187 Å². The number of fused-ring (bicyclic) bond motifs is 2. The van der Waals surface area contributed by atoms with E-state index in [2.05, 4.69) is 15.8 Å². The summed E-state index contributed by atoms with van der Waals surface area (Å²) in [5.41, 5.74) is 8.59. The number of aliphatic hydroxyl groups is 1. The lowest BCUT2D eigenvalue weighted by atomic mass is 10.0. The normalized spacial score (nSPS) is 19.2. The third-order valence-electron chi connectivity index (χ3n) is 5.75. The van der Waals surface area contributed by atoms with Gasteiger partial charge in [-0.3, -0.25) is 14.4 Å². The van der Waals surface area contributed by atoms with Crippen molar-refractivity contribution in [1.82, 2.24) is 5.16 Å². The number of ether oxygens (including phenoxy) is 1. The first-order valence-electron chi connectivity index (χ1n) is 10.4. The van der Waals surface area contributed by atoms with Crippen molar-refractivity contribution in [2.24, 2.45) is 0 Å². The van der Waals surface area contributed by atoms with Gasteiger partial charge < -0.3 is 35.6 Å². The summed E-state index contributed by atoms with van der Waals surface area (Å²) in [5.74, 6) is -1.21. The molecule has 0 aliphatic carbocycles. The van der Waals surface area contributed by atoms with Crippen LogP contribution < -0.4 is 21.3 Å². The van der Waals surface area contributed by atoms with Gasteiger partial charge in [0.05, 0.1) is 12.0 Å². The fraction of sp³-hybridized carbons (Fsp3) is 0.273. The maximum absolute atomic E-state index is 13.1. The zero-order valence-corrected chi connectivity index (χ0v) is 17.4. The van der Waals surface area contributed by atoms with E-state index in [1.807, 2.05) is 6.07 Å². The number of hydrogen-bond acceptors (Lipinski definition) is 8. The minimum Gasteiger partial charge on any atom is -0.380 e. The van der Waals surface area contributed by atoms with E-state index in [0.29, 0.717) is 40.9 Å². The number of aryl methyl sites for hydroxylation is 1. The molecule has 1 unspecified atom stereocenters. The van der Waals surface area contributed by atoms with Crippen LogP contribution in [0, 0.1) is 0 Å². The Bertz CT molecular complexity index is 1270. The number of hydrogen-bond donors (Lipinski definition) is 4. The van der Waals surface area contributed by atoms with Crippen LogP contribution >= 0.6 is 0 Å². The van der Waals surface area contributed by atoms with Gasteiger partial charge in [0.1, 0.15) is 0 Å². The van der Waals surface area contributed by atoms with Crippen molar-refractivity contribution < 1.29 is 28.8 Å². The number of carbonyl (C=O) groups excluding carboxylic acids is 3. The molecule has 2 aliphatic heterocycles. The molecule has 1 fully saturated rings. The van der Waals surface area contributed by atoms with Crippen molar-refractivity contribution in [3.05, 3.63) is 42.0 Å². The van der Waals surface area contributed by atoms with Gasteiger partial charge in [0.25, 0.3) is 11.8 Å². The van der Waals surface area contributed by atoms with Crippen LogP contribution in [-0.4, -0.2) is 53.3 Å². The van der Waals surface area contributed by atoms with Gasteiger partial charge in [0, 0.05) is 36.1 Å². The average Bonchev–Trinajstić information content (AvgIpc) is 3.18. The number of carbonyl (C=O) groups is 3. The quantitative estimate of drug-likeness (QED) is 0.457. The summed E-state index contributed by atoms with van der Waals surface area (Å²) < 4.78 is 10.5. The first kappa shape index (κ1) is 20.9. The number of nitrogens with zero attached hydrogens (tertiary/aromatic N) is 2. The van der Waals surface area contributed by atoms with Gasteiger partial charge in [-0.15, -0.1) is 0 Å². The van der Waals surface area contributed by atoms with Crippen LogP contribution in [0.4, 0.5) is 22.9 Å². The molecule has 3 aromatic rings. The number of amides is 3. The van der Waals surface area contributed by atoms with Gasteiger partial charge in [0.15, 0.2) is 23.6 Å². The van der Waals surface area contributed by atoms with Crippen molar-refractivity contribution in [3.63, 3.8) is 0 Å². The van der Waals surface area contributed by atoms with E-state index >= 15 is 0 Å². The minimum atomic E-state index is -1.74. The van der Waals surface area contributed by atoms with Crippen molar-refractivity contribution in [3.8, 4) is 0 Å². The molecule has 3 heterocycles. The Kier molecular flexibility index (Phi) is 5.19. The van der Waals surface area contributed by atoms with Crippen molar-refractivity contribution >= 4 is 51.6 Å². The van der Waals surface area contributed by atoms with Gasteiger partial charge >= 0.3 is 0 Å². The molecule has 170 valence electrons. The summed E-state index contributed by atoms with van der Waals surface area (Å²) in [5, 5.41) is 20.2. The Morgan fingerprint density at radius 2 is 2.09 bits per heavy atom. The predicted molar refractivity (Wildman–Crippen MR) is 119 cm³/mol.